The molecule has 0 spiro atoms. The summed E-state index contributed by atoms with van der Waals surface area (Å²) in [5, 5.41) is 20.0. The largest absolute Gasteiger partial charge is 0.373 e. The number of hydrogen-bond acceptors (Lipinski definition) is 8. The van der Waals surface area contributed by atoms with E-state index in [0.717, 1.165) is 12.8 Å². The summed E-state index contributed by atoms with van der Waals surface area (Å²) in [6.07, 6.45) is 5.44. The maximum Gasteiger partial charge on any atom is 0.162 e. The SMILES string of the molecule is [2H][C@@](Nc1cc(C(C)=O)c2ncc(C#N)c(Nc3cccc(Cl)c3)c2c1)(C1=CN(C2CC2)NN1)c1ccccc1Cl. The Kier molecular flexibility index (Phi) is 6.62. The zero-order valence-corrected chi connectivity index (χ0v) is 22.9. The Morgan fingerprint density at radius 2 is 2.00 bits per heavy atom. The average molecular weight is 571 g/mol. The number of pyridine rings is 1. The summed E-state index contributed by atoms with van der Waals surface area (Å²) in [6.45, 7) is 1.46. The number of aromatic nitrogens is 1. The van der Waals surface area contributed by atoms with Gasteiger partial charge in [-0.05, 0) is 61.7 Å². The number of rotatable bonds is 8. The van der Waals surface area contributed by atoms with Crippen LogP contribution >= 0.6 is 23.2 Å². The number of Topliss-reactive ketones (excluding diaryl/α,β-unsaturated/α-hetero) is 1. The molecule has 0 radical (unpaired) electrons. The number of ketones is 1. The summed E-state index contributed by atoms with van der Waals surface area (Å²) >= 11 is 12.9. The topological polar surface area (TPSA) is 105 Å². The number of hydrazine groups is 2. The molecule has 0 saturated heterocycles. The molecule has 1 aliphatic heterocycles. The molecule has 40 heavy (non-hydrogen) atoms. The molecule has 6 rings (SSSR count). The minimum absolute atomic E-state index is 0.210. The summed E-state index contributed by atoms with van der Waals surface area (Å²) in [6, 6.07) is 18.7. The molecular weight excluding hydrogens is 545 g/mol. The lowest BCUT2D eigenvalue weighted by atomic mass is 10.00. The van der Waals surface area contributed by atoms with Gasteiger partial charge in [-0.15, -0.1) is 5.53 Å². The van der Waals surface area contributed by atoms with E-state index >= 15 is 0 Å². The molecule has 4 aromatic rings. The van der Waals surface area contributed by atoms with Crippen molar-refractivity contribution in [3.05, 3.63) is 105 Å². The molecule has 3 aromatic carbocycles. The van der Waals surface area contributed by atoms with E-state index in [1.807, 2.05) is 29.4 Å². The Balaban J connectivity index is 1.52. The molecule has 2 aliphatic rings. The van der Waals surface area contributed by atoms with Gasteiger partial charge in [0.15, 0.2) is 5.78 Å². The summed E-state index contributed by atoms with van der Waals surface area (Å²) in [7, 11) is 0. The van der Waals surface area contributed by atoms with Crippen molar-refractivity contribution in [1.29, 1.82) is 5.26 Å². The van der Waals surface area contributed by atoms with E-state index in [9.17, 15) is 11.4 Å². The highest BCUT2D eigenvalue weighted by Crippen LogP contribution is 2.38. The fourth-order valence-electron chi connectivity index (χ4n) is 4.67. The molecular formula is C30H25Cl2N7O. The van der Waals surface area contributed by atoms with Crippen LogP contribution in [0.5, 0.6) is 0 Å². The van der Waals surface area contributed by atoms with Gasteiger partial charge in [0.2, 0.25) is 0 Å². The number of nitriles is 1. The van der Waals surface area contributed by atoms with Gasteiger partial charge in [-0.2, -0.15) is 5.26 Å². The van der Waals surface area contributed by atoms with Crippen LogP contribution in [-0.2, 0) is 0 Å². The first-order valence-corrected chi connectivity index (χ1v) is 13.5. The Bertz CT molecular complexity index is 1770. The van der Waals surface area contributed by atoms with E-state index in [-0.39, 0.29) is 11.3 Å². The van der Waals surface area contributed by atoms with Crippen molar-refractivity contribution in [2.45, 2.75) is 31.8 Å². The van der Waals surface area contributed by atoms with Crippen molar-refractivity contribution in [2.75, 3.05) is 10.6 Å². The van der Waals surface area contributed by atoms with Crippen molar-refractivity contribution in [3.63, 3.8) is 0 Å². The van der Waals surface area contributed by atoms with Crippen LogP contribution in [0.15, 0.2) is 78.8 Å². The first-order valence-electron chi connectivity index (χ1n) is 13.2. The molecule has 200 valence electrons. The lowest BCUT2D eigenvalue weighted by Gasteiger charge is -2.23. The smallest absolute Gasteiger partial charge is 0.162 e. The quantitative estimate of drug-likeness (QED) is 0.171. The molecule has 1 aliphatic carbocycles. The second kappa shape index (κ2) is 10.7. The van der Waals surface area contributed by atoms with Crippen LogP contribution in [0.2, 0.25) is 10.0 Å². The average Bonchev–Trinajstić information content (AvgIpc) is 3.68. The molecule has 4 N–H and O–H groups in total. The maximum absolute atomic E-state index is 12.9. The number of halogens is 2. The van der Waals surface area contributed by atoms with Crippen molar-refractivity contribution in [3.8, 4) is 6.07 Å². The number of nitrogens with zero attached hydrogens (tertiary/aromatic N) is 3. The summed E-state index contributed by atoms with van der Waals surface area (Å²) in [5.41, 5.74) is 9.99. The van der Waals surface area contributed by atoms with E-state index in [1.165, 1.54) is 13.1 Å². The second-order valence-electron chi connectivity index (χ2n) is 9.67. The third-order valence-corrected chi connectivity index (χ3v) is 7.34. The van der Waals surface area contributed by atoms with Gasteiger partial charge >= 0.3 is 0 Å². The molecule has 0 unspecified atom stereocenters. The summed E-state index contributed by atoms with van der Waals surface area (Å²) < 4.78 is 9.73. The standard InChI is InChI=1S/C30H25Cl2N7O/c1-17(40)24-12-21(13-25-28(18(14-33)15-34-29(24)25)35-20-6-4-5-19(31)11-20)36-30(23-7-2-3-8-26(23)32)27-16-39(38-37-27)22-9-10-22/h2-8,11-13,15-16,22,30,36-38H,9-10H2,1H3,(H,34,35)/t30-/m0/s1/i30D. The van der Waals surface area contributed by atoms with Gasteiger partial charge in [0, 0.05) is 50.8 Å². The van der Waals surface area contributed by atoms with Crippen LogP contribution in [-0.4, -0.2) is 21.8 Å². The van der Waals surface area contributed by atoms with Crippen molar-refractivity contribution in [2.24, 2.45) is 0 Å². The first kappa shape index (κ1) is 24.7. The molecule has 8 nitrogen and oxygen atoms in total. The highest BCUT2D eigenvalue weighted by atomic mass is 35.5. The molecule has 1 aromatic heterocycles. The molecule has 2 heterocycles. The molecule has 1 fully saturated rings. The van der Waals surface area contributed by atoms with Crippen LogP contribution < -0.4 is 21.6 Å². The predicted molar refractivity (Wildman–Crippen MR) is 158 cm³/mol. The van der Waals surface area contributed by atoms with Crippen LogP contribution in [0, 0.1) is 11.3 Å². The monoisotopic (exact) mass is 570 g/mol. The zero-order valence-electron chi connectivity index (χ0n) is 22.4. The van der Waals surface area contributed by atoms with Crippen molar-refractivity contribution < 1.29 is 6.17 Å². The van der Waals surface area contributed by atoms with Crippen LogP contribution in [0.3, 0.4) is 0 Å². The van der Waals surface area contributed by atoms with E-state index in [0.29, 0.717) is 60.9 Å². The number of nitrogens with one attached hydrogen (secondary N) is 4. The number of carbonyl (C=O) groups is 1. The fraction of sp³-hybridized carbons (Fsp3) is 0.167. The van der Waals surface area contributed by atoms with Crippen molar-refractivity contribution in [1.82, 2.24) is 21.0 Å². The lowest BCUT2D eigenvalue weighted by Crippen LogP contribution is -2.38. The Hall–Kier alpha value is -4.29. The molecule has 10 heteroatoms. The van der Waals surface area contributed by atoms with Gasteiger partial charge in [0.05, 0.1) is 29.9 Å². The van der Waals surface area contributed by atoms with Crippen LogP contribution in [0.1, 0.15) is 48.6 Å². The highest BCUT2D eigenvalue weighted by Gasteiger charge is 2.33. The normalized spacial score (nSPS) is 16.4. The maximum atomic E-state index is 12.9. The second-order valence-corrected chi connectivity index (χ2v) is 10.5. The van der Waals surface area contributed by atoms with E-state index in [1.54, 1.807) is 42.5 Å². The van der Waals surface area contributed by atoms with Crippen molar-refractivity contribution >= 4 is 57.0 Å². The van der Waals surface area contributed by atoms with Crippen LogP contribution in [0.4, 0.5) is 17.1 Å². The number of anilines is 3. The Labute approximate surface area is 242 Å². The van der Waals surface area contributed by atoms with Crippen LogP contribution in [0.25, 0.3) is 10.9 Å². The van der Waals surface area contributed by atoms with E-state index in [2.05, 4.69) is 32.6 Å². The number of benzene rings is 3. The fourth-order valence-corrected chi connectivity index (χ4v) is 5.09. The van der Waals surface area contributed by atoms with E-state index in [4.69, 9.17) is 23.2 Å². The molecule has 0 amide bonds. The van der Waals surface area contributed by atoms with E-state index < -0.39 is 6.02 Å². The van der Waals surface area contributed by atoms with Gasteiger partial charge in [0.1, 0.15) is 6.07 Å². The van der Waals surface area contributed by atoms with Gasteiger partial charge in [-0.25, -0.2) is 0 Å². The van der Waals surface area contributed by atoms with Gasteiger partial charge in [-0.3, -0.25) is 14.8 Å². The van der Waals surface area contributed by atoms with Gasteiger partial charge in [-0.1, -0.05) is 47.5 Å². The molecule has 1 atom stereocenters. The Morgan fingerprint density at radius 3 is 2.73 bits per heavy atom. The minimum Gasteiger partial charge on any atom is -0.373 e. The number of carbonyl (C=O) groups excluding carboxylic acids is 1. The lowest BCUT2D eigenvalue weighted by molar-refractivity contribution is 0.101. The number of hydrogen-bond donors (Lipinski definition) is 4. The minimum atomic E-state index is -1.57. The number of fused-ring (bicyclic) bond motifs is 1. The summed E-state index contributed by atoms with van der Waals surface area (Å²) in [5.74, 6) is -0.210. The third-order valence-electron chi connectivity index (χ3n) is 6.78. The Morgan fingerprint density at radius 1 is 1.18 bits per heavy atom. The summed E-state index contributed by atoms with van der Waals surface area (Å²) in [4.78, 5) is 17.3. The first-order chi connectivity index (χ1) is 19.8. The molecule has 1 saturated carbocycles. The zero-order chi connectivity index (χ0) is 28.7. The predicted octanol–water partition coefficient (Wildman–Crippen LogP) is 6.84. The van der Waals surface area contributed by atoms with Gasteiger partial charge < -0.3 is 16.1 Å². The highest BCUT2D eigenvalue weighted by molar-refractivity contribution is 6.31. The molecule has 0 bridgehead atoms. The third kappa shape index (κ3) is 5.15. The van der Waals surface area contributed by atoms with Gasteiger partial charge in [0.25, 0.3) is 0 Å².